The number of hydrogen-bond donors (Lipinski definition) is 0. The van der Waals surface area contributed by atoms with E-state index in [0.29, 0.717) is 29.2 Å². The fourth-order valence-corrected chi connectivity index (χ4v) is 5.05. The Labute approximate surface area is 193 Å². The summed E-state index contributed by atoms with van der Waals surface area (Å²) in [5.74, 6) is -0.925. The van der Waals surface area contributed by atoms with Gasteiger partial charge in [0.2, 0.25) is 0 Å². The van der Waals surface area contributed by atoms with Gasteiger partial charge in [-0.25, -0.2) is 9.40 Å². The summed E-state index contributed by atoms with van der Waals surface area (Å²) >= 11 is 2.85. The first-order valence-corrected chi connectivity index (χ1v) is 11.8. The lowest BCUT2D eigenvalue weighted by Gasteiger charge is -2.26. The van der Waals surface area contributed by atoms with Gasteiger partial charge in [-0.1, -0.05) is 30.3 Å². The molecule has 1 aliphatic rings. The van der Waals surface area contributed by atoms with E-state index in [2.05, 4.69) is 5.10 Å². The lowest BCUT2D eigenvalue weighted by Crippen LogP contribution is -2.42. The molecule has 0 spiro atoms. The highest BCUT2D eigenvalue weighted by atomic mass is 32.1. The van der Waals surface area contributed by atoms with Crippen LogP contribution in [0.25, 0.3) is 0 Å². The van der Waals surface area contributed by atoms with Gasteiger partial charge in [-0.3, -0.25) is 9.59 Å². The van der Waals surface area contributed by atoms with Crippen molar-refractivity contribution in [1.29, 1.82) is 0 Å². The molecule has 0 saturated heterocycles. The third-order valence-corrected chi connectivity index (χ3v) is 6.96. The van der Waals surface area contributed by atoms with E-state index in [1.165, 1.54) is 38.6 Å². The maximum atomic E-state index is 14.4. The fraction of sp³-hybridized carbons (Fsp3) is 0.261. The van der Waals surface area contributed by atoms with E-state index < -0.39 is 0 Å². The predicted molar refractivity (Wildman–Crippen MR) is 124 cm³/mol. The molecule has 3 heterocycles. The van der Waals surface area contributed by atoms with Crippen molar-refractivity contribution in [3.63, 3.8) is 0 Å². The number of hydrazone groups is 1. The van der Waals surface area contributed by atoms with Crippen LogP contribution in [0.15, 0.2) is 64.4 Å². The van der Waals surface area contributed by atoms with Crippen molar-refractivity contribution < 1.29 is 18.7 Å². The molecule has 4 rings (SSSR count). The first kappa shape index (κ1) is 22.3. The largest absolute Gasteiger partial charge is 0.383 e. The Morgan fingerprint density at radius 3 is 2.62 bits per heavy atom. The Morgan fingerprint density at radius 1 is 1.16 bits per heavy atom. The summed E-state index contributed by atoms with van der Waals surface area (Å²) in [6.07, 6.45) is 0.407. The maximum Gasteiger partial charge on any atom is 0.264 e. The zero-order valence-electron chi connectivity index (χ0n) is 17.4. The minimum atomic E-state index is -0.375. The minimum absolute atomic E-state index is 0.143. The molecule has 2 amide bonds. The van der Waals surface area contributed by atoms with Crippen molar-refractivity contribution in [2.75, 3.05) is 26.8 Å². The van der Waals surface area contributed by atoms with Gasteiger partial charge in [0, 0.05) is 30.5 Å². The van der Waals surface area contributed by atoms with Gasteiger partial charge in [-0.05, 0) is 29.0 Å². The standard InChI is InChI=1S/C23H22FN3O3S2/c1-30-11-10-26(23(29)21-9-5-13-32-21)15-22(28)27-19(20-8-4-12-31-20)14-18(25-27)16-6-2-3-7-17(16)24/h2-9,12-13,19H,10-11,14-15H2,1H3. The van der Waals surface area contributed by atoms with Crippen molar-refractivity contribution in [1.82, 2.24) is 9.91 Å². The second-order valence-electron chi connectivity index (χ2n) is 7.20. The van der Waals surface area contributed by atoms with Gasteiger partial charge in [0.15, 0.2) is 0 Å². The molecular formula is C23H22FN3O3S2. The molecule has 1 unspecified atom stereocenters. The van der Waals surface area contributed by atoms with Crippen molar-refractivity contribution >= 4 is 40.2 Å². The molecule has 6 nitrogen and oxygen atoms in total. The average molecular weight is 472 g/mol. The second kappa shape index (κ2) is 10.2. The zero-order chi connectivity index (χ0) is 22.5. The van der Waals surface area contributed by atoms with Crippen LogP contribution in [0.4, 0.5) is 4.39 Å². The number of carbonyl (C=O) groups is 2. The molecule has 3 aromatic rings. The Bertz CT molecular complexity index is 1100. The second-order valence-corrected chi connectivity index (χ2v) is 9.12. The van der Waals surface area contributed by atoms with Crippen LogP contribution in [0.2, 0.25) is 0 Å². The number of benzene rings is 1. The molecule has 0 saturated carbocycles. The van der Waals surface area contributed by atoms with E-state index in [0.717, 1.165) is 4.88 Å². The van der Waals surface area contributed by atoms with E-state index in [4.69, 9.17) is 4.74 Å². The maximum absolute atomic E-state index is 14.4. The minimum Gasteiger partial charge on any atom is -0.383 e. The van der Waals surface area contributed by atoms with Crippen LogP contribution >= 0.6 is 22.7 Å². The lowest BCUT2D eigenvalue weighted by molar-refractivity contribution is -0.133. The van der Waals surface area contributed by atoms with E-state index in [1.54, 1.807) is 37.4 Å². The fourth-order valence-electron chi connectivity index (χ4n) is 3.55. The third-order valence-electron chi connectivity index (χ3n) is 5.13. The first-order chi connectivity index (χ1) is 15.6. The molecule has 1 atom stereocenters. The first-order valence-electron chi connectivity index (χ1n) is 10.1. The van der Waals surface area contributed by atoms with Crippen molar-refractivity contribution in [3.05, 3.63) is 80.4 Å². The van der Waals surface area contributed by atoms with Crippen molar-refractivity contribution in [3.8, 4) is 0 Å². The normalized spacial score (nSPS) is 15.6. The molecule has 1 aromatic carbocycles. The third kappa shape index (κ3) is 4.79. The summed E-state index contributed by atoms with van der Waals surface area (Å²) in [5, 5.41) is 9.67. The van der Waals surface area contributed by atoms with E-state index in [9.17, 15) is 14.0 Å². The quantitative estimate of drug-likeness (QED) is 0.489. The smallest absolute Gasteiger partial charge is 0.264 e. The summed E-state index contributed by atoms with van der Waals surface area (Å²) in [6.45, 7) is 0.443. The molecule has 9 heteroatoms. The zero-order valence-corrected chi connectivity index (χ0v) is 19.1. The van der Waals surface area contributed by atoms with Crippen LogP contribution in [-0.4, -0.2) is 54.2 Å². The number of nitrogens with zero attached hydrogens (tertiary/aromatic N) is 3. The number of hydrogen-bond acceptors (Lipinski definition) is 6. The van der Waals surface area contributed by atoms with Crippen LogP contribution in [0.5, 0.6) is 0 Å². The van der Waals surface area contributed by atoms with Gasteiger partial charge >= 0.3 is 0 Å². The monoisotopic (exact) mass is 471 g/mol. The SMILES string of the molecule is COCCN(CC(=O)N1N=C(c2ccccc2F)CC1c1cccs1)C(=O)c1cccs1. The Balaban J connectivity index is 1.60. The molecule has 166 valence electrons. The van der Waals surface area contributed by atoms with Crippen LogP contribution in [0, 0.1) is 5.82 Å². The lowest BCUT2D eigenvalue weighted by atomic mass is 10.0. The topological polar surface area (TPSA) is 62.2 Å². The average Bonchev–Trinajstić information content (AvgIpc) is 3.57. The van der Waals surface area contributed by atoms with Crippen LogP contribution < -0.4 is 0 Å². The molecule has 1 aliphatic heterocycles. The summed E-state index contributed by atoms with van der Waals surface area (Å²) in [7, 11) is 1.55. The highest BCUT2D eigenvalue weighted by Crippen LogP contribution is 2.35. The molecule has 0 N–H and O–H groups in total. The van der Waals surface area contributed by atoms with E-state index in [1.807, 2.05) is 22.9 Å². The number of ether oxygens (including phenoxy) is 1. The summed E-state index contributed by atoms with van der Waals surface area (Å²) in [5.41, 5.74) is 0.901. The summed E-state index contributed by atoms with van der Waals surface area (Å²) in [6, 6.07) is 13.5. The Hall–Kier alpha value is -2.88. The van der Waals surface area contributed by atoms with Crippen molar-refractivity contribution in [2.45, 2.75) is 12.5 Å². The van der Waals surface area contributed by atoms with Gasteiger partial charge in [0.1, 0.15) is 12.4 Å². The number of amides is 2. The molecule has 32 heavy (non-hydrogen) atoms. The summed E-state index contributed by atoms with van der Waals surface area (Å²) in [4.78, 5) is 29.3. The molecule has 0 fully saturated rings. The molecule has 0 bridgehead atoms. The van der Waals surface area contributed by atoms with E-state index in [-0.39, 0.29) is 36.8 Å². The van der Waals surface area contributed by atoms with E-state index >= 15 is 0 Å². The Kier molecular flexibility index (Phi) is 7.09. The number of methoxy groups -OCH3 is 1. The number of rotatable bonds is 8. The van der Waals surface area contributed by atoms with Crippen LogP contribution in [0.1, 0.15) is 32.6 Å². The molecule has 0 radical (unpaired) electrons. The van der Waals surface area contributed by atoms with Gasteiger partial charge in [0.25, 0.3) is 11.8 Å². The van der Waals surface area contributed by atoms with Crippen molar-refractivity contribution in [2.24, 2.45) is 5.10 Å². The Morgan fingerprint density at radius 2 is 1.94 bits per heavy atom. The van der Waals surface area contributed by atoms with Gasteiger partial charge in [0.05, 0.1) is 23.2 Å². The predicted octanol–water partition coefficient (Wildman–Crippen LogP) is 4.42. The molecule has 2 aromatic heterocycles. The van der Waals surface area contributed by atoms with Gasteiger partial charge < -0.3 is 9.64 Å². The number of thiophene rings is 2. The van der Waals surface area contributed by atoms with Crippen LogP contribution in [0.3, 0.4) is 0 Å². The highest BCUT2D eigenvalue weighted by Gasteiger charge is 2.35. The highest BCUT2D eigenvalue weighted by molar-refractivity contribution is 7.12. The number of halogens is 1. The number of carbonyl (C=O) groups excluding carboxylic acids is 2. The van der Waals surface area contributed by atoms with Gasteiger partial charge in [-0.2, -0.15) is 5.10 Å². The molecule has 0 aliphatic carbocycles. The van der Waals surface area contributed by atoms with Gasteiger partial charge in [-0.15, -0.1) is 22.7 Å². The summed E-state index contributed by atoms with van der Waals surface area (Å²) < 4.78 is 19.5. The molecular weight excluding hydrogens is 449 g/mol. The van der Waals surface area contributed by atoms with Crippen LogP contribution in [-0.2, 0) is 9.53 Å².